The number of benzene rings is 3. The van der Waals surface area contributed by atoms with Crippen molar-refractivity contribution < 1.29 is 8.42 Å². The van der Waals surface area contributed by atoms with Crippen LogP contribution < -0.4 is 4.72 Å². The number of fused-ring (bicyclic) bond motifs is 1. The predicted octanol–water partition coefficient (Wildman–Crippen LogP) is 5.01. The molecule has 0 aliphatic heterocycles. The van der Waals surface area contributed by atoms with Crippen molar-refractivity contribution in [2.75, 3.05) is 4.72 Å². The minimum Gasteiger partial charge on any atom is -0.279 e. The Morgan fingerprint density at radius 3 is 2.22 bits per heavy atom. The second-order valence-electron chi connectivity index (χ2n) is 6.36. The van der Waals surface area contributed by atoms with Gasteiger partial charge in [0.1, 0.15) is 0 Å². The van der Waals surface area contributed by atoms with Crippen LogP contribution in [0.15, 0.2) is 89.8 Å². The van der Waals surface area contributed by atoms with Crippen LogP contribution >= 0.6 is 0 Å². The summed E-state index contributed by atoms with van der Waals surface area (Å²) < 4.78 is 28.5. The molecule has 0 saturated heterocycles. The van der Waals surface area contributed by atoms with Crippen molar-refractivity contribution in [1.82, 2.24) is 4.98 Å². The van der Waals surface area contributed by atoms with Crippen molar-refractivity contribution in [2.24, 2.45) is 0 Å². The lowest BCUT2D eigenvalue weighted by molar-refractivity contribution is 0.601. The van der Waals surface area contributed by atoms with E-state index in [1.54, 1.807) is 30.3 Å². The highest BCUT2D eigenvalue weighted by atomic mass is 32.2. The number of anilines is 1. The highest BCUT2D eigenvalue weighted by Gasteiger charge is 2.17. The maximum atomic E-state index is 12.9. The predicted molar refractivity (Wildman–Crippen MR) is 109 cm³/mol. The van der Waals surface area contributed by atoms with Crippen LogP contribution in [0.4, 0.5) is 5.69 Å². The number of hydrogen-bond donors (Lipinski definition) is 1. The molecule has 4 rings (SSSR count). The zero-order chi connectivity index (χ0) is 18.9. The van der Waals surface area contributed by atoms with E-state index in [1.165, 1.54) is 0 Å². The van der Waals surface area contributed by atoms with Gasteiger partial charge in [0.25, 0.3) is 10.0 Å². The number of nitrogens with zero attached hydrogens (tertiary/aromatic N) is 1. The molecule has 1 heterocycles. The number of rotatable bonds is 4. The van der Waals surface area contributed by atoms with Gasteiger partial charge in [-0.1, -0.05) is 66.2 Å². The van der Waals surface area contributed by atoms with Gasteiger partial charge in [-0.05, 0) is 31.2 Å². The van der Waals surface area contributed by atoms with E-state index in [0.717, 1.165) is 27.7 Å². The molecule has 4 nitrogen and oxygen atoms in total. The molecule has 0 aliphatic carbocycles. The van der Waals surface area contributed by atoms with E-state index in [-0.39, 0.29) is 4.90 Å². The molecule has 0 unspecified atom stereocenters. The lowest BCUT2D eigenvalue weighted by Crippen LogP contribution is -2.13. The van der Waals surface area contributed by atoms with Crippen LogP contribution in [0.2, 0.25) is 0 Å². The van der Waals surface area contributed by atoms with E-state index < -0.39 is 10.0 Å². The standard InChI is InChI=1S/C22H18N2O2S/c1-16-11-13-18(14-12-16)27(25,26)24-22-15-21(17-7-3-2-4-8-17)23-20-10-6-5-9-19(20)22/h2-15H,1H3,(H,23,24). The van der Waals surface area contributed by atoms with Crippen molar-refractivity contribution in [2.45, 2.75) is 11.8 Å². The molecule has 0 fully saturated rings. The largest absolute Gasteiger partial charge is 0.279 e. The smallest absolute Gasteiger partial charge is 0.261 e. The third kappa shape index (κ3) is 3.55. The normalized spacial score (nSPS) is 11.4. The molecule has 0 bridgehead atoms. The van der Waals surface area contributed by atoms with E-state index in [4.69, 9.17) is 0 Å². The first kappa shape index (κ1) is 17.2. The second-order valence-corrected chi connectivity index (χ2v) is 8.04. The molecule has 27 heavy (non-hydrogen) atoms. The molecule has 3 aromatic carbocycles. The monoisotopic (exact) mass is 374 g/mol. The van der Waals surface area contributed by atoms with Crippen LogP contribution in [-0.4, -0.2) is 13.4 Å². The maximum Gasteiger partial charge on any atom is 0.261 e. The van der Waals surface area contributed by atoms with Gasteiger partial charge in [-0.15, -0.1) is 0 Å². The summed E-state index contributed by atoms with van der Waals surface area (Å²) in [6.45, 7) is 1.92. The van der Waals surface area contributed by atoms with Gasteiger partial charge in [0.05, 0.1) is 21.8 Å². The van der Waals surface area contributed by atoms with Gasteiger partial charge in [-0.25, -0.2) is 13.4 Å². The molecule has 0 atom stereocenters. The topological polar surface area (TPSA) is 59.1 Å². The number of nitrogens with one attached hydrogen (secondary N) is 1. The zero-order valence-electron chi connectivity index (χ0n) is 14.8. The summed E-state index contributed by atoms with van der Waals surface area (Å²) in [5, 5.41) is 0.757. The maximum absolute atomic E-state index is 12.9. The lowest BCUT2D eigenvalue weighted by atomic mass is 10.1. The van der Waals surface area contributed by atoms with E-state index in [2.05, 4.69) is 9.71 Å². The SMILES string of the molecule is Cc1ccc(S(=O)(=O)Nc2cc(-c3ccccc3)nc3ccccc23)cc1. The van der Waals surface area contributed by atoms with Crippen LogP contribution in [0, 0.1) is 6.92 Å². The molecule has 1 aromatic heterocycles. The van der Waals surface area contributed by atoms with Crippen molar-refractivity contribution in [3.05, 3.63) is 90.5 Å². The molecule has 0 spiro atoms. The highest BCUT2D eigenvalue weighted by Crippen LogP contribution is 2.30. The van der Waals surface area contributed by atoms with E-state index >= 15 is 0 Å². The number of aromatic nitrogens is 1. The van der Waals surface area contributed by atoms with Crippen molar-refractivity contribution >= 4 is 26.6 Å². The first-order valence-electron chi connectivity index (χ1n) is 8.58. The Balaban J connectivity index is 1.84. The molecule has 4 aromatic rings. The lowest BCUT2D eigenvalue weighted by Gasteiger charge is -2.13. The average molecular weight is 374 g/mol. The van der Waals surface area contributed by atoms with Crippen LogP contribution in [-0.2, 0) is 10.0 Å². The second kappa shape index (κ2) is 6.85. The zero-order valence-corrected chi connectivity index (χ0v) is 15.6. The fourth-order valence-corrected chi connectivity index (χ4v) is 4.01. The number of para-hydroxylation sites is 1. The van der Waals surface area contributed by atoms with Crippen molar-refractivity contribution in [3.63, 3.8) is 0 Å². The summed E-state index contributed by atoms with van der Waals surface area (Å²) in [6, 6.07) is 25.8. The van der Waals surface area contributed by atoms with Gasteiger partial charge in [0.15, 0.2) is 0 Å². The van der Waals surface area contributed by atoms with Crippen molar-refractivity contribution in [1.29, 1.82) is 0 Å². The molecular formula is C22H18N2O2S. The Bertz CT molecular complexity index is 1200. The molecule has 5 heteroatoms. The summed E-state index contributed by atoms with van der Waals surface area (Å²) in [5.74, 6) is 0. The summed E-state index contributed by atoms with van der Waals surface area (Å²) in [4.78, 5) is 4.92. The molecule has 1 N–H and O–H groups in total. The summed E-state index contributed by atoms with van der Waals surface area (Å²) in [6.07, 6.45) is 0. The van der Waals surface area contributed by atoms with E-state index in [1.807, 2.05) is 61.5 Å². The Hall–Kier alpha value is -3.18. The minimum atomic E-state index is -3.70. The third-order valence-electron chi connectivity index (χ3n) is 4.36. The Kier molecular flexibility index (Phi) is 4.38. The molecule has 134 valence electrons. The van der Waals surface area contributed by atoms with E-state index in [0.29, 0.717) is 5.69 Å². The van der Waals surface area contributed by atoms with Crippen LogP contribution in [0.25, 0.3) is 22.2 Å². The Morgan fingerprint density at radius 1 is 0.815 bits per heavy atom. The molecule has 0 radical (unpaired) electrons. The van der Waals surface area contributed by atoms with E-state index in [9.17, 15) is 8.42 Å². The van der Waals surface area contributed by atoms with Crippen molar-refractivity contribution in [3.8, 4) is 11.3 Å². The van der Waals surface area contributed by atoms with Crippen LogP contribution in [0.1, 0.15) is 5.56 Å². The summed E-state index contributed by atoms with van der Waals surface area (Å²) in [5.41, 5.74) is 3.91. The molecular weight excluding hydrogens is 356 g/mol. The van der Waals surface area contributed by atoms with Crippen LogP contribution in [0.3, 0.4) is 0 Å². The first-order valence-corrected chi connectivity index (χ1v) is 10.1. The number of hydrogen-bond acceptors (Lipinski definition) is 3. The summed E-state index contributed by atoms with van der Waals surface area (Å²) in [7, 11) is -3.70. The number of pyridine rings is 1. The Morgan fingerprint density at radius 2 is 1.48 bits per heavy atom. The number of aryl methyl sites for hydroxylation is 1. The third-order valence-corrected chi connectivity index (χ3v) is 5.74. The number of sulfonamides is 1. The van der Waals surface area contributed by atoms with Gasteiger partial charge in [0, 0.05) is 10.9 Å². The fourth-order valence-electron chi connectivity index (χ4n) is 2.94. The van der Waals surface area contributed by atoms with Gasteiger partial charge in [0.2, 0.25) is 0 Å². The summed E-state index contributed by atoms with van der Waals surface area (Å²) >= 11 is 0. The van der Waals surface area contributed by atoms with Gasteiger partial charge < -0.3 is 0 Å². The minimum absolute atomic E-state index is 0.232. The first-order chi connectivity index (χ1) is 13.0. The average Bonchev–Trinajstić information content (AvgIpc) is 2.69. The molecule has 0 aliphatic rings. The van der Waals surface area contributed by atoms with Crippen LogP contribution in [0.5, 0.6) is 0 Å². The molecule has 0 amide bonds. The molecule has 0 saturated carbocycles. The highest BCUT2D eigenvalue weighted by molar-refractivity contribution is 7.92. The van der Waals surface area contributed by atoms with Gasteiger partial charge in [-0.3, -0.25) is 4.72 Å². The van der Waals surface area contributed by atoms with Gasteiger partial charge >= 0.3 is 0 Å². The van der Waals surface area contributed by atoms with Gasteiger partial charge in [-0.2, -0.15) is 0 Å². The fraction of sp³-hybridized carbons (Fsp3) is 0.0455. The Labute approximate surface area is 158 Å². The quantitative estimate of drug-likeness (QED) is 0.546.